The van der Waals surface area contributed by atoms with Gasteiger partial charge in [-0.15, -0.1) is 0 Å². The summed E-state index contributed by atoms with van der Waals surface area (Å²) in [5, 5.41) is 2.76. The van der Waals surface area contributed by atoms with Crippen LogP contribution in [0.4, 0.5) is 0 Å². The van der Waals surface area contributed by atoms with Gasteiger partial charge in [0.1, 0.15) is 17.3 Å². The summed E-state index contributed by atoms with van der Waals surface area (Å²) in [7, 11) is -0.924. The van der Waals surface area contributed by atoms with Gasteiger partial charge in [-0.25, -0.2) is 12.7 Å². The molecule has 0 fully saturated rings. The maximum atomic E-state index is 12.3. The lowest BCUT2D eigenvalue weighted by Gasteiger charge is -2.14. The number of ether oxygens (including phenoxy) is 1. The molecule has 6 nitrogen and oxygen atoms in total. The first-order chi connectivity index (χ1) is 12.2. The van der Waals surface area contributed by atoms with E-state index >= 15 is 0 Å². The summed E-state index contributed by atoms with van der Waals surface area (Å²) in [6.07, 6.45) is 0. The lowest BCUT2D eigenvalue weighted by Crippen LogP contribution is -2.28. The third kappa shape index (κ3) is 4.97. The van der Waals surface area contributed by atoms with E-state index in [1.807, 2.05) is 31.2 Å². The van der Waals surface area contributed by atoms with E-state index in [2.05, 4.69) is 5.32 Å². The number of aryl methyl sites for hydroxylation is 1. The number of halogens is 1. The predicted octanol–water partition coefficient (Wildman–Crippen LogP) is 2.71. The summed E-state index contributed by atoms with van der Waals surface area (Å²) in [6.45, 7) is 2.57. The first-order valence-corrected chi connectivity index (χ1v) is 9.73. The highest BCUT2D eigenvalue weighted by Crippen LogP contribution is 2.24. The Kier molecular flexibility index (Phi) is 6.63. The Bertz CT molecular complexity index is 881. The van der Waals surface area contributed by atoms with Crippen molar-refractivity contribution in [3.63, 3.8) is 0 Å². The molecule has 0 bridgehead atoms. The first-order valence-electron chi connectivity index (χ1n) is 7.91. The lowest BCUT2D eigenvalue weighted by atomic mass is 10.2. The molecule has 8 heteroatoms. The Hall–Kier alpha value is -2.09. The fourth-order valence-corrected chi connectivity index (χ4v) is 3.50. The molecule has 0 saturated heterocycles. The van der Waals surface area contributed by atoms with Crippen molar-refractivity contribution in [2.45, 2.75) is 11.8 Å². The van der Waals surface area contributed by atoms with Crippen LogP contribution < -0.4 is 10.1 Å². The monoisotopic (exact) mass is 396 g/mol. The average molecular weight is 397 g/mol. The molecule has 0 aromatic heterocycles. The van der Waals surface area contributed by atoms with Crippen molar-refractivity contribution in [1.82, 2.24) is 9.62 Å². The van der Waals surface area contributed by atoms with Crippen LogP contribution in [0.2, 0.25) is 5.02 Å². The standard InChI is InChI=1S/C18H21ClN2O4S/c1-13-4-7-15(8-5-13)25-11-10-20-18(22)14-6-9-16(19)17(12-14)26(23,24)21(2)3/h4-9,12H,10-11H2,1-3H3,(H,20,22). The average Bonchev–Trinajstić information content (AvgIpc) is 2.60. The molecule has 1 amide bonds. The largest absolute Gasteiger partial charge is 0.492 e. The van der Waals surface area contributed by atoms with Crippen LogP contribution in [0.3, 0.4) is 0 Å². The van der Waals surface area contributed by atoms with Crippen molar-refractivity contribution < 1.29 is 17.9 Å². The molecule has 26 heavy (non-hydrogen) atoms. The summed E-state index contributed by atoms with van der Waals surface area (Å²) < 4.78 is 31.1. The fourth-order valence-electron chi connectivity index (χ4n) is 2.11. The van der Waals surface area contributed by atoms with Crippen molar-refractivity contribution in [3.8, 4) is 5.75 Å². The summed E-state index contributed by atoms with van der Waals surface area (Å²) in [5.74, 6) is 0.320. The van der Waals surface area contributed by atoms with Crippen molar-refractivity contribution >= 4 is 27.5 Å². The Morgan fingerprint density at radius 3 is 2.42 bits per heavy atom. The molecule has 0 spiro atoms. The van der Waals surface area contributed by atoms with Gasteiger partial charge >= 0.3 is 0 Å². The fraction of sp³-hybridized carbons (Fsp3) is 0.278. The number of hydrogen-bond acceptors (Lipinski definition) is 4. The SMILES string of the molecule is Cc1ccc(OCCNC(=O)c2ccc(Cl)c(S(=O)(=O)N(C)C)c2)cc1. The third-order valence-electron chi connectivity index (χ3n) is 3.63. The molecule has 2 rings (SSSR count). The molecule has 0 aliphatic rings. The van der Waals surface area contributed by atoms with Gasteiger partial charge in [0.25, 0.3) is 5.91 Å². The van der Waals surface area contributed by atoms with Crippen molar-refractivity contribution in [3.05, 3.63) is 58.6 Å². The van der Waals surface area contributed by atoms with E-state index in [0.717, 1.165) is 15.6 Å². The molecule has 0 heterocycles. The number of sulfonamides is 1. The lowest BCUT2D eigenvalue weighted by molar-refractivity contribution is 0.0947. The van der Waals surface area contributed by atoms with Crippen molar-refractivity contribution in [2.24, 2.45) is 0 Å². The third-order valence-corrected chi connectivity index (χ3v) is 5.93. The van der Waals surface area contributed by atoms with Crippen LogP contribution in [0.15, 0.2) is 47.4 Å². The number of carbonyl (C=O) groups is 1. The molecule has 0 aliphatic heterocycles. The minimum atomic E-state index is -3.73. The summed E-state index contributed by atoms with van der Waals surface area (Å²) in [5.41, 5.74) is 1.35. The Morgan fingerprint density at radius 1 is 1.15 bits per heavy atom. The highest BCUT2D eigenvalue weighted by atomic mass is 35.5. The summed E-state index contributed by atoms with van der Waals surface area (Å²) in [4.78, 5) is 12.1. The van der Waals surface area contributed by atoms with Crippen LogP contribution in [0, 0.1) is 6.92 Å². The maximum Gasteiger partial charge on any atom is 0.251 e. The predicted molar refractivity (Wildman–Crippen MR) is 101 cm³/mol. The quantitative estimate of drug-likeness (QED) is 0.730. The van der Waals surface area contributed by atoms with Crippen LogP contribution in [0.5, 0.6) is 5.75 Å². The molecule has 0 radical (unpaired) electrons. The summed E-state index contributed by atoms with van der Waals surface area (Å²) >= 11 is 5.98. The molecule has 140 valence electrons. The molecule has 0 aliphatic carbocycles. The maximum absolute atomic E-state index is 12.3. The number of hydrogen-bond donors (Lipinski definition) is 1. The van der Waals surface area contributed by atoms with Crippen molar-refractivity contribution in [1.29, 1.82) is 0 Å². The molecule has 0 saturated carbocycles. The molecule has 0 unspecified atom stereocenters. The minimum absolute atomic E-state index is 0.0676. The van der Waals surface area contributed by atoms with Crippen LogP contribution in [0.1, 0.15) is 15.9 Å². The molecule has 2 aromatic carbocycles. The van der Waals surface area contributed by atoms with E-state index < -0.39 is 15.9 Å². The highest BCUT2D eigenvalue weighted by Gasteiger charge is 2.22. The summed E-state index contributed by atoms with van der Waals surface area (Å²) in [6, 6.07) is 11.7. The Labute approximate surface area is 158 Å². The van der Waals surface area contributed by atoms with E-state index in [1.165, 1.54) is 32.3 Å². The van der Waals surface area contributed by atoms with Gasteiger partial charge in [-0.1, -0.05) is 29.3 Å². The Morgan fingerprint density at radius 2 is 1.81 bits per heavy atom. The molecule has 2 aromatic rings. The van der Waals surface area contributed by atoms with Gasteiger partial charge in [-0.05, 0) is 37.3 Å². The molecule has 0 atom stereocenters. The van der Waals surface area contributed by atoms with E-state index in [4.69, 9.17) is 16.3 Å². The topological polar surface area (TPSA) is 75.7 Å². The number of benzene rings is 2. The van der Waals surface area contributed by atoms with E-state index in [1.54, 1.807) is 0 Å². The van der Waals surface area contributed by atoms with Gasteiger partial charge in [0.15, 0.2) is 0 Å². The van der Waals surface area contributed by atoms with E-state index in [9.17, 15) is 13.2 Å². The van der Waals surface area contributed by atoms with Crippen LogP contribution in [-0.4, -0.2) is 45.9 Å². The normalized spacial score (nSPS) is 11.4. The van der Waals surface area contributed by atoms with E-state index in [0.29, 0.717) is 6.61 Å². The Balaban J connectivity index is 1.98. The van der Waals surface area contributed by atoms with Gasteiger partial charge in [0.05, 0.1) is 11.6 Å². The van der Waals surface area contributed by atoms with E-state index in [-0.39, 0.29) is 22.0 Å². The van der Waals surface area contributed by atoms with Gasteiger partial charge < -0.3 is 10.1 Å². The second-order valence-electron chi connectivity index (χ2n) is 5.85. The second-order valence-corrected chi connectivity index (χ2v) is 8.38. The smallest absolute Gasteiger partial charge is 0.251 e. The van der Waals surface area contributed by atoms with Crippen LogP contribution in [-0.2, 0) is 10.0 Å². The zero-order valence-electron chi connectivity index (χ0n) is 14.8. The van der Waals surface area contributed by atoms with Crippen LogP contribution in [0.25, 0.3) is 0 Å². The zero-order chi connectivity index (χ0) is 19.3. The van der Waals surface area contributed by atoms with Gasteiger partial charge in [0.2, 0.25) is 10.0 Å². The van der Waals surface area contributed by atoms with Crippen molar-refractivity contribution in [2.75, 3.05) is 27.2 Å². The second kappa shape index (κ2) is 8.53. The number of carbonyl (C=O) groups excluding carboxylic acids is 1. The molecule has 1 N–H and O–H groups in total. The molecular weight excluding hydrogens is 376 g/mol. The van der Waals surface area contributed by atoms with Crippen LogP contribution >= 0.6 is 11.6 Å². The number of rotatable bonds is 7. The molecular formula is C18H21ClN2O4S. The van der Waals surface area contributed by atoms with Gasteiger partial charge in [0, 0.05) is 19.7 Å². The zero-order valence-corrected chi connectivity index (χ0v) is 16.4. The number of amides is 1. The van der Waals surface area contributed by atoms with Gasteiger partial charge in [-0.2, -0.15) is 0 Å². The number of nitrogens with zero attached hydrogens (tertiary/aromatic N) is 1. The highest BCUT2D eigenvalue weighted by molar-refractivity contribution is 7.89. The number of nitrogens with one attached hydrogen (secondary N) is 1. The minimum Gasteiger partial charge on any atom is -0.492 e. The van der Waals surface area contributed by atoms with Gasteiger partial charge in [-0.3, -0.25) is 4.79 Å². The first kappa shape index (κ1) is 20.2.